The SMILES string of the molecule is CCCCC(=O)NCCc1nc(-c2ccc(Cl)cc2)no1. The third-order valence-corrected chi connectivity index (χ3v) is 3.24. The molecule has 1 heterocycles. The molecule has 1 aromatic carbocycles. The Kier molecular flexibility index (Phi) is 5.75. The number of hydrogen-bond donors (Lipinski definition) is 1. The highest BCUT2D eigenvalue weighted by Crippen LogP contribution is 2.18. The van der Waals surface area contributed by atoms with Gasteiger partial charge in [0.2, 0.25) is 17.6 Å². The van der Waals surface area contributed by atoms with Crippen LogP contribution in [0.25, 0.3) is 11.4 Å². The Morgan fingerprint density at radius 1 is 1.33 bits per heavy atom. The van der Waals surface area contributed by atoms with Gasteiger partial charge in [-0.3, -0.25) is 4.79 Å². The first-order chi connectivity index (χ1) is 10.2. The van der Waals surface area contributed by atoms with Gasteiger partial charge in [-0.1, -0.05) is 30.1 Å². The Bertz CT molecular complexity index is 581. The van der Waals surface area contributed by atoms with Crippen LogP contribution in [0.15, 0.2) is 28.8 Å². The van der Waals surface area contributed by atoms with E-state index in [9.17, 15) is 4.79 Å². The molecule has 0 aliphatic carbocycles. The molecule has 2 aromatic rings. The number of halogens is 1. The molecule has 0 bridgehead atoms. The zero-order chi connectivity index (χ0) is 15.1. The van der Waals surface area contributed by atoms with Crippen LogP contribution in [0.4, 0.5) is 0 Å². The maximum atomic E-state index is 11.5. The van der Waals surface area contributed by atoms with Crippen LogP contribution in [0.3, 0.4) is 0 Å². The predicted octanol–water partition coefficient (Wildman–Crippen LogP) is 3.24. The second kappa shape index (κ2) is 7.78. The lowest BCUT2D eigenvalue weighted by molar-refractivity contribution is -0.121. The molecule has 0 saturated carbocycles. The van der Waals surface area contributed by atoms with Crippen molar-refractivity contribution in [3.05, 3.63) is 35.2 Å². The third kappa shape index (κ3) is 4.86. The first-order valence-corrected chi connectivity index (χ1v) is 7.42. The lowest BCUT2D eigenvalue weighted by Crippen LogP contribution is -2.25. The van der Waals surface area contributed by atoms with E-state index in [4.69, 9.17) is 16.1 Å². The van der Waals surface area contributed by atoms with Gasteiger partial charge in [0.1, 0.15) is 0 Å². The summed E-state index contributed by atoms with van der Waals surface area (Å²) in [6.45, 7) is 2.56. The van der Waals surface area contributed by atoms with Gasteiger partial charge in [0.15, 0.2) is 0 Å². The Balaban J connectivity index is 1.83. The van der Waals surface area contributed by atoms with Crippen molar-refractivity contribution in [1.29, 1.82) is 0 Å². The van der Waals surface area contributed by atoms with E-state index in [-0.39, 0.29) is 5.91 Å². The molecule has 0 unspecified atom stereocenters. The summed E-state index contributed by atoms with van der Waals surface area (Å²) in [5.41, 5.74) is 0.849. The zero-order valence-electron chi connectivity index (χ0n) is 11.9. The van der Waals surface area contributed by atoms with Gasteiger partial charge in [0.05, 0.1) is 0 Å². The topological polar surface area (TPSA) is 68.0 Å². The zero-order valence-corrected chi connectivity index (χ0v) is 12.7. The van der Waals surface area contributed by atoms with Crippen molar-refractivity contribution in [2.24, 2.45) is 0 Å². The Hall–Kier alpha value is -1.88. The predicted molar refractivity (Wildman–Crippen MR) is 81.0 cm³/mol. The van der Waals surface area contributed by atoms with Gasteiger partial charge in [-0.15, -0.1) is 0 Å². The molecule has 0 atom stereocenters. The minimum Gasteiger partial charge on any atom is -0.356 e. The molecule has 0 aliphatic heterocycles. The lowest BCUT2D eigenvalue weighted by Gasteiger charge is -2.01. The fourth-order valence-corrected chi connectivity index (χ4v) is 1.93. The summed E-state index contributed by atoms with van der Waals surface area (Å²) < 4.78 is 5.17. The lowest BCUT2D eigenvalue weighted by atomic mass is 10.2. The third-order valence-electron chi connectivity index (χ3n) is 2.99. The second-order valence-corrected chi connectivity index (χ2v) is 5.16. The quantitative estimate of drug-likeness (QED) is 0.852. The van der Waals surface area contributed by atoms with Gasteiger partial charge < -0.3 is 9.84 Å². The average Bonchev–Trinajstić information content (AvgIpc) is 2.95. The molecule has 112 valence electrons. The molecule has 0 saturated heterocycles. The number of unbranched alkanes of at least 4 members (excludes halogenated alkanes) is 1. The number of nitrogens with zero attached hydrogens (tertiary/aromatic N) is 2. The number of rotatable bonds is 7. The van der Waals surface area contributed by atoms with E-state index in [1.165, 1.54) is 0 Å². The van der Waals surface area contributed by atoms with Crippen LogP contribution in [0.2, 0.25) is 5.02 Å². The molecular formula is C15H18ClN3O2. The van der Waals surface area contributed by atoms with Gasteiger partial charge in [-0.25, -0.2) is 0 Å². The summed E-state index contributed by atoms with van der Waals surface area (Å²) in [4.78, 5) is 15.8. The monoisotopic (exact) mass is 307 g/mol. The van der Waals surface area contributed by atoms with Crippen molar-refractivity contribution in [3.8, 4) is 11.4 Å². The molecule has 21 heavy (non-hydrogen) atoms. The van der Waals surface area contributed by atoms with E-state index in [0.717, 1.165) is 18.4 Å². The van der Waals surface area contributed by atoms with E-state index in [1.54, 1.807) is 12.1 Å². The molecule has 1 aromatic heterocycles. The molecule has 0 spiro atoms. The van der Waals surface area contributed by atoms with Gasteiger partial charge in [-0.05, 0) is 30.7 Å². The molecule has 1 N–H and O–H groups in total. The number of hydrogen-bond acceptors (Lipinski definition) is 4. The van der Waals surface area contributed by atoms with Crippen LogP contribution in [-0.4, -0.2) is 22.6 Å². The average molecular weight is 308 g/mol. The van der Waals surface area contributed by atoms with E-state index in [0.29, 0.717) is 36.1 Å². The maximum absolute atomic E-state index is 11.5. The summed E-state index contributed by atoms with van der Waals surface area (Å²) in [5.74, 6) is 1.10. The highest BCUT2D eigenvalue weighted by Gasteiger charge is 2.09. The van der Waals surface area contributed by atoms with Crippen molar-refractivity contribution in [3.63, 3.8) is 0 Å². The van der Waals surface area contributed by atoms with Crippen molar-refractivity contribution in [1.82, 2.24) is 15.5 Å². The summed E-state index contributed by atoms with van der Waals surface area (Å²) in [5, 5.41) is 7.42. The second-order valence-electron chi connectivity index (χ2n) is 4.72. The van der Waals surface area contributed by atoms with Crippen molar-refractivity contribution in [2.45, 2.75) is 32.6 Å². The minimum atomic E-state index is 0.0642. The summed E-state index contributed by atoms with van der Waals surface area (Å²) in [6, 6.07) is 7.23. The summed E-state index contributed by atoms with van der Waals surface area (Å²) >= 11 is 5.83. The molecule has 0 fully saturated rings. The van der Waals surface area contributed by atoms with Crippen molar-refractivity contribution in [2.75, 3.05) is 6.54 Å². The van der Waals surface area contributed by atoms with Gasteiger partial charge in [0, 0.05) is 30.0 Å². The molecule has 2 rings (SSSR count). The molecule has 0 aliphatic rings. The van der Waals surface area contributed by atoms with Crippen LogP contribution in [0.1, 0.15) is 32.1 Å². The largest absolute Gasteiger partial charge is 0.356 e. The van der Waals surface area contributed by atoms with E-state index < -0.39 is 0 Å². The Morgan fingerprint density at radius 2 is 2.10 bits per heavy atom. The fraction of sp³-hybridized carbons (Fsp3) is 0.400. The fourth-order valence-electron chi connectivity index (χ4n) is 1.81. The van der Waals surface area contributed by atoms with Crippen LogP contribution >= 0.6 is 11.6 Å². The molecule has 1 amide bonds. The summed E-state index contributed by atoms with van der Waals surface area (Å²) in [7, 11) is 0. The number of carbonyl (C=O) groups excluding carboxylic acids is 1. The number of aromatic nitrogens is 2. The smallest absolute Gasteiger partial charge is 0.228 e. The van der Waals surface area contributed by atoms with E-state index in [2.05, 4.69) is 22.4 Å². The number of benzene rings is 1. The minimum absolute atomic E-state index is 0.0642. The van der Waals surface area contributed by atoms with Crippen LogP contribution in [0.5, 0.6) is 0 Å². The van der Waals surface area contributed by atoms with Crippen molar-refractivity contribution < 1.29 is 9.32 Å². The van der Waals surface area contributed by atoms with E-state index in [1.807, 2.05) is 12.1 Å². The Labute approximate surface area is 128 Å². The van der Waals surface area contributed by atoms with Gasteiger partial charge in [-0.2, -0.15) is 4.98 Å². The van der Waals surface area contributed by atoms with Gasteiger partial charge in [0.25, 0.3) is 0 Å². The molecular weight excluding hydrogens is 290 g/mol. The molecule has 5 nitrogen and oxygen atoms in total. The normalized spacial score (nSPS) is 10.6. The number of amides is 1. The summed E-state index contributed by atoms with van der Waals surface area (Å²) in [6.07, 6.45) is 3.02. The van der Waals surface area contributed by atoms with Crippen molar-refractivity contribution >= 4 is 17.5 Å². The highest BCUT2D eigenvalue weighted by molar-refractivity contribution is 6.30. The standard InChI is InChI=1S/C15H18ClN3O2/c1-2-3-4-13(20)17-10-9-14-18-15(19-21-14)11-5-7-12(16)8-6-11/h5-8H,2-4,9-10H2,1H3,(H,17,20). The Morgan fingerprint density at radius 3 is 2.81 bits per heavy atom. The molecule has 6 heteroatoms. The highest BCUT2D eigenvalue weighted by atomic mass is 35.5. The number of nitrogens with one attached hydrogen (secondary N) is 1. The molecule has 0 radical (unpaired) electrons. The van der Waals surface area contributed by atoms with E-state index >= 15 is 0 Å². The van der Waals surface area contributed by atoms with Crippen LogP contribution < -0.4 is 5.32 Å². The van der Waals surface area contributed by atoms with Crippen LogP contribution in [-0.2, 0) is 11.2 Å². The first-order valence-electron chi connectivity index (χ1n) is 7.04. The van der Waals surface area contributed by atoms with Crippen LogP contribution in [0, 0.1) is 0 Å². The first kappa shape index (κ1) is 15.5. The number of carbonyl (C=O) groups is 1. The van der Waals surface area contributed by atoms with Gasteiger partial charge >= 0.3 is 0 Å². The maximum Gasteiger partial charge on any atom is 0.228 e.